The number of ether oxygens (including phenoxy) is 1. The molecule has 0 aliphatic carbocycles. The molecule has 0 saturated heterocycles. The third-order valence-electron chi connectivity index (χ3n) is 1.85. The fraction of sp³-hybridized carbons (Fsp3) is 0.364. The van der Waals surface area contributed by atoms with Gasteiger partial charge in [-0.05, 0) is 36.2 Å². The van der Waals surface area contributed by atoms with Gasteiger partial charge in [0.15, 0.2) is 0 Å². The Bertz CT molecular complexity index is 280. The number of rotatable bonds is 5. The number of nitrogens with zero attached hydrogens (tertiary/aromatic N) is 1. The van der Waals surface area contributed by atoms with Gasteiger partial charge < -0.3 is 9.94 Å². The van der Waals surface area contributed by atoms with Crippen molar-refractivity contribution in [1.29, 1.82) is 0 Å². The van der Waals surface area contributed by atoms with Gasteiger partial charge in [0.1, 0.15) is 5.75 Å². The second kappa shape index (κ2) is 6.02. The van der Waals surface area contributed by atoms with Crippen molar-refractivity contribution < 1.29 is 9.94 Å². The molecule has 1 N–H and O–H groups in total. The molecule has 0 heterocycles. The molecule has 0 aliphatic rings. The van der Waals surface area contributed by atoms with Gasteiger partial charge in [-0.25, -0.2) is 0 Å². The Labute approximate surface area is 84.0 Å². The van der Waals surface area contributed by atoms with Crippen LogP contribution in [0.15, 0.2) is 29.4 Å². The summed E-state index contributed by atoms with van der Waals surface area (Å²) in [5, 5.41) is 11.2. The molecule has 3 nitrogen and oxygen atoms in total. The highest BCUT2D eigenvalue weighted by atomic mass is 16.5. The van der Waals surface area contributed by atoms with E-state index >= 15 is 0 Å². The fourth-order valence-corrected chi connectivity index (χ4v) is 1.05. The van der Waals surface area contributed by atoms with Crippen LogP contribution in [-0.4, -0.2) is 18.0 Å². The number of benzene rings is 1. The lowest BCUT2D eigenvalue weighted by Gasteiger charge is -2.04. The van der Waals surface area contributed by atoms with Gasteiger partial charge in [0, 0.05) is 0 Å². The maximum Gasteiger partial charge on any atom is 0.119 e. The summed E-state index contributed by atoms with van der Waals surface area (Å²) in [7, 11) is 0. The molecule has 3 heteroatoms. The lowest BCUT2D eigenvalue weighted by Crippen LogP contribution is -1.96. The molecule has 0 atom stereocenters. The highest BCUT2D eigenvalue weighted by molar-refractivity contribution is 5.79. The van der Waals surface area contributed by atoms with Crippen LogP contribution in [0.1, 0.15) is 25.3 Å². The summed E-state index contributed by atoms with van der Waals surface area (Å²) in [6, 6.07) is 7.43. The molecule has 76 valence electrons. The standard InChI is InChI=1S/C11H15NO2/c1-2-3-8-14-11-6-4-10(5-7-11)9-12-13/h4-7,9,13H,2-3,8H2,1H3/b12-9+. The maximum atomic E-state index is 8.30. The van der Waals surface area contributed by atoms with Crippen molar-refractivity contribution in [2.45, 2.75) is 19.8 Å². The minimum absolute atomic E-state index is 0.754. The summed E-state index contributed by atoms with van der Waals surface area (Å²) < 4.78 is 5.47. The van der Waals surface area contributed by atoms with E-state index in [1.807, 2.05) is 24.3 Å². The van der Waals surface area contributed by atoms with Crippen LogP contribution in [0.3, 0.4) is 0 Å². The first-order valence-corrected chi connectivity index (χ1v) is 4.77. The predicted molar refractivity (Wildman–Crippen MR) is 56.2 cm³/mol. The van der Waals surface area contributed by atoms with Gasteiger partial charge in [0.2, 0.25) is 0 Å². The number of hydrogen-bond donors (Lipinski definition) is 1. The van der Waals surface area contributed by atoms with Crippen molar-refractivity contribution in [2.24, 2.45) is 5.16 Å². The lowest BCUT2D eigenvalue weighted by atomic mass is 10.2. The molecule has 1 aromatic rings. The second-order valence-electron chi connectivity index (χ2n) is 3.02. The molecule has 0 spiro atoms. The third-order valence-corrected chi connectivity index (χ3v) is 1.85. The van der Waals surface area contributed by atoms with Gasteiger partial charge >= 0.3 is 0 Å². The van der Waals surface area contributed by atoms with E-state index in [9.17, 15) is 0 Å². The molecule has 1 aromatic carbocycles. The predicted octanol–water partition coefficient (Wildman–Crippen LogP) is 2.67. The van der Waals surface area contributed by atoms with E-state index in [-0.39, 0.29) is 0 Å². The van der Waals surface area contributed by atoms with Crippen molar-refractivity contribution in [1.82, 2.24) is 0 Å². The van der Waals surface area contributed by atoms with Crippen molar-refractivity contribution in [2.75, 3.05) is 6.61 Å². The molecule has 0 aromatic heterocycles. The van der Waals surface area contributed by atoms with E-state index in [1.165, 1.54) is 6.21 Å². The monoisotopic (exact) mass is 193 g/mol. The van der Waals surface area contributed by atoms with E-state index in [2.05, 4.69) is 12.1 Å². The largest absolute Gasteiger partial charge is 0.494 e. The summed E-state index contributed by atoms with van der Waals surface area (Å²) in [5.74, 6) is 0.855. The summed E-state index contributed by atoms with van der Waals surface area (Å²) >= 11 is 0. The Morgan fingerprint density at radius 2 is 2.07 bits per heavy atom. The molecule has 0 saturated carbocycles. The quantitative estimate of drug-likeness (QED) is 0.338. The molecule has 0 fully saturated rings. The van der Waals surface area contributed by atoms with Crippen LogP contribution in [0.25, 0.3) is 0 Å². The third kappa shape index (κ3) is 3.47. The van der Waals surface area contributed by atoms with Crippen LogP contribution >= 0.6 is 0 Å². The van der Waals surface area contributed by atoms with E-state index in [1.54, 1.807) is 0 Å². The van der Waals surface area contributed by atoms with E-state index < -0.39 is 0 Å². The summed E-state index contributed by atoms with van der Waals surface area (Å²) in [6.45, 7) is 2.88. The topological polar surface area (TPSA) is 41.8 Å². The first kappa shape index (κ1) is 10.6. The molecular weight excluding hydrogens is 178 g/mol. The van der Waals surface area contributed by atoms with Gasteiger partial charge in [-0.15, -0.1) is 0 Å². The molecular formula is C11H15NO2. The second-order valence-corrected chi connectivity index (χ2v) is 3.02. The van der Waals surface area contributed by atoms with Crippen molar-refractivity contribution >= 4 is 6.21 Å². The molecule has 0 amide bonds. The summed E-state index contributed by atoms with van der Waals surface area (Å²) in [5.41, 5.74) is 0.857. The Kier molecular flexibility index (Phi) is 4.55. The molecule has 0 aliphatic heterocycles. The zero-order chi connectivity index (χ0) is 10.2. The van der Waals surface area contributed by atoms with Gasteiger partial charge in [0.25, 0.3) is 0 Å². The highest BCUT2D eigenvalue weighted by Gasteiger charge is 1.93. The van der Waals surface area contributed by atoms with Crippen molar-refractivity contribution in [3.8, 4) is 5.75 Å². The average Bonchev–Trinajstić information content (AvgIpc) is 2.21. The first-order chi connectivity index (χ1) is 6.86. The van der Waals surface area contributed by atoms with Crippen LogP contribution in [-0.2, 0) is 0 Å². The molecule has 0 radical (unpaired) electrons. The van der Waals surface area contributed by atoms with Gasteiger partial charge in [-0.2, -0.15) is 0 Å². The van der Waals surface area contributed by atoms with E-state index in [0.717, 1.165) is 30.8 Å². The smallest absolute Gasteiger partial charge is 0.119 e. The van der Waals surface area contributed by atoms with Crippen molar-refractivity contribution in [3.63, 3.8) is 0 Å². The van der Waals surface area contributed by atoms with Crippen molar-refractivity contribution in [3.05, 3.63) is 29.8 Å². The van der Waals surface area contributed by atoms with E-state index in [0.29, 0.717) is 0 Å². The molecule has 0 unspecified atom stereocenters. The summed E-state index contributed by atoms with van der Waals surface area (Å²) in [4.78, 5) is 0. The number of unbranched alkanes of at least 4 members (excludes halogenated alkanes) is 1. The zero-order valence-electron chi connectivity index (χ0n) is 8.31. The minimum atomic E-state index is 0.754. The van der Waals surface area contributed by atoms with E-state index in [4.69, 9.17) is 9.94 Å². The molecule has 0 bridgehead atoms. The number of hydrogen-bond acceptors (Lipinski definition) is 3. The Morgan fingerprint density at radius 1 is 1.36 bits per heavy atom. The zero-order valence-corrected chi connectivity index (χ0v) is 8.31. The highest BCUT2D eigenvalue weighted by Crippen LogP contribution is 2.11. The number of oxime groups is 1. The Morgan fingerprint density at radius 3 is 2.64 bits per heavy atom. The maximum absolute atomic E-state index is 8.30. The van der Waals surface area contributed by atoms with Crippen LogP contribution < -0.4 is 4.74 Å². The summed E-state index contributed by atoms with van der Waals surface area (Å²) in [6.07, 6.45) is 3.59. The normalized spacial score (nSPS) is 10.6. The lowest BCUT2D eigenvalue weighted by molar-refractivity contribution is 0.309. The molecule has 14 heavy (non-hydrogen) atoms. The first-order valence-electron chi connectivity index (χ1n) is 4.77. The van der Waals surface area contributed by atoms with Crippen LogP contribution in [0.2, 0.25) is 0 Å². The van der Waals surface area contributed by atoms with Crippen LogP contribution in [0, 0.1) is 0 Å². The Hall–Kier alpha value is -1.51. The van der Waals surface area contributed by atoms with Gasteiger partial charge in [0.05, 0.1) is 12.8 Å². The Balaban J connectivity index is 2.46. The van der Waals surface area contributed by atoms with Gasteiger partial charge in [-0.3, -0.25) is 0 Å². The van der Waals surface area contributed by atoms with Crippen LogP contribution in [0.5, 0.6) is 5.75 Å². The SMILES string of the molecule is CCCCOc1ccc(/C=N/O)cc1. The molecule has 1 rings (SSSR count). The van der Waals surface area contributed by atoms with Gasteiger partial charge in [-0.1, -0.05) is 18.5 Å². The van der Waals surface area contributed by atoms with Crippen LogP contribution in [0.4, 0.5) is 0 Å². The minimum Gasteiger partial charge on any atom is -0.494 e. The average molecular weight is 193 g/mol. The fourth-order valence-electron chi connectivity index (χ4n) is 1.05.